The van der Waals surface area contributed by atoms with Crippen LogP contribution in [0.25, 0.3) is 0 Å². The maximum Gasteiger partial charge on any atom is 0.139 e. The molecule has 4 fully saturated rings. The second kappa shape index (κ2) is 4.68. The number of hydrogen-bond acceptors (Lipinski definition) is 2. The standard InChI is InChI=1S/C20H30O2/c1-12-10-13-11-14(21)6-8-19(13,2)16-7-9-20(3)15(18(12)16)4-5-17(20)22/h12-13,15-16,18H,4-11H2,1-3H3/t12?,13?,15-,16+,18-,19-,20-/m0/s1. The molecule has 4 rings (SSSR count). The topological polar surface area (TPSA) is 34.1 Å². The fourth-order valence-electron chi connectivity index (χ4n) is 7.20. The van der Waals surface area contributed by atoms with Gasteiger partial charge in [-0.3, -0.25) is 9.59 Å². The normalized spacial score (nSPS) is 54.6. The summed E-state index contributed by atoms with van der Waals surface area (Å²) in [5.74, 6) is 4.40. The molecule has 0 bridgehead atoms. The molecule has 4 saturated carbocycles. The fraction of sp³-hybridized carbons (Fsp3) is 0.900. The van der Waals surface area contributed by atoms with Gasteiger partial charge in [0.25, 0.3) is 0 Å². The third kappa shape index (κ3) is 1.79. The smallest absolute Gasteiger partial charge is 0.139 e. The van der Waals surface area contributed by atoms with E-state index in [9.17, 15) is 9.59 Å². The van der Waals surface area contributed by atoms with Crippen molar-refractivity contribution in [2.24, 2.45) is 40.4 Å². The third-order valence-corrected chi connectivity index (χ3v) is 8.55. The lowest BCUT2D eigenvalue weighted by Crippen LogP contribution is -2.56. The molecule has 0 radical (unpaired) electrons. The SMILES string of the molecule is CC1CC2CC(=O)CC[C@]2(C)[C@@H]2CC[C@]3(C)C(=O)CC[C@H]3[C@H]12. The molecule has 0 aliphatic heterocycles. The van der Waals surface area contributed by atoms with E-state index in [1.54, 1.807) is 0 Å². The summed E-state index contributed by atoms with van der Waals surface area (Å²) in [6, 6.07) is 0. The van der Waals surface area contributed by atoms with E-state index < -0.39 is 0 Å². The van der Waals surface area contributed by atoms with Crippen LogP contribution in [-0.2, 0) is 9.59 Å². The van der Waals surface area contributed by atoms with E-state index in [4.69, 9.17) is 0 Å². The number of carbonyl (C=O) groups excluding carboxylic acids is 2. The summed E-state index contributed by atoms with van der Waals surface area (Å²) in [6.45, 7) is 7.15. The molecule has 2 nitrogen and oxygen atoms in total. The second-order valence-corrected chi connectivity index (χ2v) is 9.37. The first-order valence-electron chi connectivity index (χ1n) is 9.41. The molecule has 2 unspecified atom stereocenters. The lowest BCUT2D eigenvalue weighted by Gasteiger charge is -2.61. The molecule has 0 saturated heterocycles. The van der Waals surface area contributed by atoms with Gasteiger partial charge in [-0.2, -0.15) is 0 Å². The minimum atomic E-state index is -0.0247. The van der Waals surface area contributed by atoms with E-state index in [0.717, 1.165) is 50.4 Å². The van der Waals surface area contributed by atoms with Crippen LogP contribution in [0.5, 0.6) is 0 Å². The van der Waals surface area contributed by atoms with Crippen LogP contribution in [0.1, 0.15) is 72.1 Å². The Morgan fingerprint density at radius 2 is 1.77 bits per heavy atom. The van der Waals surface area contributed by atoms with E-state index in [-0.39, 0.29) is 5.41 Å². The molecule has 2 heteroatoms. The van der Waals surface area contributed by atoms with Crippen molar-refractivity contribution in [3.05, 3.63) is 0 Å². The molecule has 0 aromatic heterocycles. The van der Waals surface area contributed by atoms with Crippen molar-refractivity contribution in [3.63, 3.8) is 0 Å². The van der Waals surface area contributed by atoms with Crippen LogP contribution in [0.2, 0.25) is 0 Å². The number of ketones is 2. The molecular formula is C20H30O2. The Hall–Kier alpha value is -0.660. The highest BCUT2D eigenvalue weighted by Gasteiger charge is 2.61. The van der Waals surface area contributed by atoms with E-state index in [2.05, 4.69) is 20.8 Å². The van der Waals surface area contributed by atoms with E-state index in [1.807, 2.05) is 0 Å². The highest BCUT2D eigenvalue weighted by molar-refractivity contribution is 5.87. The zero-order valence-corrected chi connectivity index (χ0v) is 14.4. The molecule has 4 aliphatic carbocycles. The maximum absolute atomic E-state index is 12.5. The van der Waals surface area contributed by atoms with Crippen molar-refractivity contribution in [2.75, 3.05) is 0 Å². The lowest BCUT2D eigenvalue weighted by molar-refractivity contribution is -0.152. The Morgan fingerprint density at radius 1 is 1.00 bits per heavy atom. The fourth-order valence-corrected chi connectivity index (χ4v) is 7.20. The van der Waals surface area contributed by atoms with Crippen LogP contribution < -0.4 is 0 Å². The minimum absolute atomic E-state index is 0.0247. The molecular weight excluding hydrogens is 272 g/mol. The monoisotopic (exact) mass is 302 g/mol. The van der Waals surface area contributed by atoms with Crippen molar-refractivity contribution in [3.8, 4) is 0 Å². The number of carbonyl (C=O) groups is 2. The molecule has 0 aromatic rings. The summed E-state index contributed by atoms with van der Waals surface area (Å²) in [6.07, 6.45) is 8.19. The Morgan fingerprint density at radius 3 is 2.55 bits per heavy atom. The minimum Gasteiger partial charge on any atom is -0.300 e. The first kappa shape index (κ1) is 14.9. The number of rotatable bonds is 0. The summed E-state index contributed by atoms with van der Waals surface area (Å²) in [7, 11) is 0. The summed E-state index contributed by atoms with van der Waals surface area (Å²) >= 11 is 0. The van der Waals surface area contributed by atoms with Crippen LogP contribution in [0.15, 0.2) is 0 Å². The summed E-state index contributed by atoms with van der Waals surface area (Å²) < 4.78 is 0. The summed E-state index contributed by atoms with van der Waals surface area (Å²) in [4.78, 5) is 24.4. The van der Waals surface area contributed by atoms with Gasteiger partial charge in [0, 0.05) is 24.7 Å². The lowest BCUT2D eigenvalue weighted by atomic mass is 9.43. The van der Waals surface area contributed by atoms with Gasteiger partial charge in [-0.1, -0.05) is 20.8 Å². The average molecular weight is 302 g/mol. The van der Waals surface area contributed by atoms with Gasteiger partial charge in [-0.15, -0.1) is 0 Å². The first-order chi connectivity index (χ1) is 10.4. The Kier molecular flexibility index (Phi) is 3.17. The average Bonchev–Trinajstić information content (AvgIpc) is 2.77. The van der Waals surface area contributed by atoms with Crippen molar-refractivity contribution in [2.45, 2.75) is 72.1 Å². The van der Waals surface area contributed by atoms with Crippen molar-refractivity contribution in [1.29, 1.82) is 0 Å². The van der Waals surface area contributed by atoms with Crippen LogP contribution >= 0.6 is 0 Å². The van der Waals surface area contributed by atoms with E-state index in [0.29, 0.717) is 34.7 Å². The Bertz CT molecular complexity index is 524. The molecule has 0 heterocycles. The van der Waals surface area contributed by atoms with Gasteiger partial charge in [-0.05, 0) is 67.1 Å². The molecule has 0 spiro atoms. The predicted octanol–water partition coefficient (Wildman–Crippen LogP) is 4.41. The Labute approximate surface area is 134 Å². The molecule has 0 amide bonds. The first-order valence-corrected chi connectivity index (χ1v) is 9.41. The number of hydrogen-bond donors (Lipinski definition) is 0. The van der Waals surface area contributed by atoms with Gasteiger partial charge in [-0.25, -0.2) is 0 Å². The maximum atomic E-state index is 12.5. The number of Topliss-reactive ketones (excluding diaryl/α,β-unsaturated/α-hetero) is 2. The van der Waals surface area contributed by atoms with Crippen LogP contribution in [0.4, 0.5) is 0 Å². The highest BCUT2D eigenvalue weighted by Crippen LogP contribution is 2.66. The van der Waals surface area contributed by atoms with E-state index >= 15 is 0 Å². The van der Waals surface area contributed by atoms with Crippen molar-refractivity contribution >= 4 is 11.6 Å². The van der Waals surface area contributed by atoms with Crippen LogP contribution in [0, 0.1) is 40.4 Å². The van der Waals surface area contributed by atoms with Crippen LogP contribution in [-0.4, -0.2) is 11.6 Å². The molecule has 0 aromatic carbocycles. The molecule has 122 valence electrons. The van der Waals surface area contributed by atoms with Crippen molar-refractivity contribution < 1.29 is 9.59 Å². The molecule has 0 N–H and O–H groups in total. The predicted molar refractivity (Wildman–Crippen MR) is 86.3 cm³/mol. The molecule has 7 atom stereocenters. The van der Waals surface area contributed by atoms with Gasteiger partial charge in [0.1, 0.15) is 11.6 Å². The largest absolute Gasteiger partial charge is 0.300 e. The van der Waals surface area contributed by atoms with Gasteiger partial charge >= 0.3 is 0 Å². The summed E-state index contributed by atoms with van der Waals surface area (Å²) in [5, 5.41) is 0. The quantitative estimate of drug-likeness (QED) is 0.664. The zero-order valence-electron chi connectivity index (χ0n) is 14.4. The van der Waals surface area contributed by atoms with Crippen LogP contribution in [0.3, 0.4) is 0 Å². The highest BCUT2D eigenvalue weighted by atomic mass is 16.1. The van der Waals surface area contributed by atoms with Gasteiger partial charge in [0.05, 0.1) is 0 Å². The summed E-state index contributed by atoms with van der Waals surface area (Å²) in [5.41, 5.74) is 0.334. The van der Waals surface area contributed by atoms with Crippen molar-refractivity contribution in [1.82, 2.24) is 0 Å². The zero-order chi connectivity index (χ0) is 15.7. The van der Waals surface area contributed by atoms with Gasteiger partial charge in [0.2, 0.25) is 0 Å². The second-order valence-electron chi connectivity index (χ2n) is 9.37. The van der Waals surface area contributed by atoms with Gasteiger partial charge in [0.15, 0.2) is 0 Å². The van der Waals surface area contributed by atoms with E-state index in [1.165, 1.54) is 12.8 Å². The molecule has 4 aliphatic rings. The Balaban J connectivity index is 1.70. The van der Waals surface area contributed by atoms with Gasteiger partial charge < -0.3 is 0 Å². The third-order valence-electron chi connectivity index (χ3n) is 8.55. The molecule has 22 heavy (non-hydrogen) atoms. The number of fused-ring (bicyclic) bond motifs is 5.